The van der Waals surface area contributed by atoms with Crippen LogP contribution in [0.3, 0.4) is 0 Å². The number of rotatable bonds is 5. The van der Waals surface area contributed by atoms with Crippen LogP contribution < -0.4 is 10.2 Å². The van der Waals surface area contributed by atoms with Crippen LogP contribution in [0.15, 0.2) is 45.6 Å². The number of carbonyl (C=O) groups excluding carboxylic acids is 1. The van der Waals surface area contributed by atoms with Gasteiger partial charge >= 0.3 is 5.97 Å². The van der Waals surface area contributed by atoms with E-state index in [1.807, 2.05) is 57.2 Å². The van der Waals surface area contributed by atoms with E-state index in [0.717, 1.165) is 47.9 Å². The lowest BCUT2D eigenvalue weighted by Gasteiger charge is -2.21. The van der Waals surface area contributed by atoms with Gasteiger partial charge in [0.25, 0.3) is 0 Å². The average Bonchev–Trinajstić information content (AvgIpc) is 2.73. The second-order valence-corrected chi connectivity index (χ2v) is 8.45. The van der Waals surface area contributed by atoms with Gasteiger partial charge in [-0.2, -0.15) is 0 Å². The molecule has 1 aliphatic carbocycles. The lowest BCUT2D eigenvalue weighted by atomic mass is 9.98. The minimum absolute atomic E-state index is 0.0453. The molecule has 0 spiro atoms. The number of carbonyl (C=O) groups is 1. The Morgan fingerprint density at radius 2 is 1.71 bits per heavy atom. The van der Waals surface area contributed by atoms with E-state index in [0.29, 0.717) is 16.7 Å². The number of benzene rings is 2. The summed E-state index contributed by atoms with van der Waals surface area (Å²) in [6, 6.07) is 11.4. The molecule has 2 aromatic carbocycles. The highest BCUT2D eigenvalue weighted by Crippen LogP contribution is 2.32. The highest BCUT2D eigenvalue weighted by molar-refractivity contribution is 5.85. The molecule has 0 N–H and O–H groups in total. The van der Waals surface area contributed by atoms with Crippen LogP contribution >= 0.6 is 0 Å². The van der Waals surface area contributed by atoms with E-state index < -0.39 is 5.97 Å². The minimum Gasteiger partial charge on any atom is -0.474 e. The van der Waals surface area contributed by atoms with Crippen molar-refractivity contribution >= 4 is 16.9 Å². The topological polar surface area (TPSA) is 65.7 Å². The van der Waals surface area contributed by atoms with Crippen molar-refractivity contribution in [1.82, 2.24) is 0 Å². The Labute approximate surface area is 182 Å². The Bertz CT molecular complexity index is 1150. The molecule has 1 aromatic heterocycles. The van der Waals surface area contributed by atoms with Gasteiger partial charge in [0.2, 0.25) is 11.2 Å². The molecule has 0 amide bonds. The number of ether oxygens (including phenoxy) is 2. The van der Waals surface area contributed by atoms with Gasteiger partial charge in [0, 0.05) is 5.56 Å². The smallest absolute Gasteiger partial charge is 0.344 e. The van der Waals surface area contributed by atoms with Crippen LogP contribution in [0, 0.1) is 20.8 Å². The van der Waals surface area contributed by atoms with E-state index in [4.69, 9.17) is 13.9 Å². The van der Waals surface area contributed by atoms with E-state index in [1.54, 1.807) is 0 Å². The Balaban J connectivity index is 1.70. The average molecular weight is 421 g/mol. The van der Waals surface area contributed by atoms with Gasteiger partial charge in [0.05, 0.1) is 5.39 Å². The molecule has 0 aliphatic heterocycles. The second kappa shape index (κ2) is 8.96. The van der Waals surface area contributed by atoms with Crippen LogP contribution in [-0.4, -0.2) is 18.7 Å². The predicted molar refractivity (Wildman–Crippen MR) is 121 cm³/mol. The normalized spacial score (nSPS) is 14.5. The summed E-state index contributed by atoms with van der Waals surface area (Å²) in [5.41, 5.74) is 3.87. The van der Waals surface area contributed by atoms with E-state index in [9.17, 15) is 9.59 Å². The van der Waals surface area contributed by atoms with Crippen LogP contribution in [0.1, 0.15) is 48.8 Å². The molecule has 4 rings (SSSR count). The maximum Gasteiger partial charge on any atom is 0.344 e. The number of esters is 1. The highest BCUT2D eigenvalue weighted by atomic mass is 16.6. The monoisotopic (exact) mass is 420 g/mol. The number of hydrogen-bond acceptors (Lipinski definition) is 5. The van der Waals surface area contributed by atoms with Gasteiger partial charge in [0.1, 0.15) is 11.7 Å². The fourth-order valence-electron chi connectivity index (χ4n) is 4.23. The molecule has 0 unspecified atom stereocenters. The molecule has 31 heavy (non-hydrogen) atoms. The van der Waals surface area contributed by atoms with Gasteiger partial charge < -0.3 is 13.9 Å². The number of hydrogen-bond donors (Lipinski definition) is 0. The Hall–Kier alpha value is -3.08. The summed E-state index contributed by atoms with van der Waals surface area (Å²) in [5.74, 6) is -0.0845. The standard InChI is InChI=1S/C26H28O5/c1-16-9-11-19(12-10-16)25-26(29-15-22(27)30-20-7-5-4-6-8-20)24(28)23-18(3)13-17(2)14-21(23)31-25/h9-14,20H,4-8,15H2,1-3H3. The van der Waals surface area contributed by atoms with Gasteiger partial charge in [-0.15, -0.1) is 0 Å². The molecular weight excluding hydrogens is 392 g/mol. The summed E-state index contributed by atoms with van der Waals surface area (Å²) in [6.07, 6.45) is 5.04. The second-order valence-electron chi connectivity index (χ2n) is 8.45. The van der Waals surface area contributed by atoms with Crippen molar-refractivity contribution < 1.29 is 18.7 Å². The van der Waals surface area contributed by atoms with E-state index in [1.165, 1.54) is 6.42 Å². The molecule has 0 bridgehead atoms. The zero-order chi connectivity index (χ0) is 22.0. The van der Waals surface area contributed by atoms with Crippen molar-refractivity contribution in [2.45, 2.75) is 59.0 Å². The van der Waals surface area contributed by atoms with Crippen LogP contribution in [-0.2, 0) is 9.53 Å². The third kappa shape index (κ3) is 4.66. The van der Waals surface area contributed by atoms with Crippen LogP contribution in [0.4, 0.5) is 0 Å². The summed E-state index contributed by atoms with van der Waals surface area (Å²) >= 11 is 0. The van der Waals surface area contributed by atoms with Gasteiger partial charge in [-0.05, 0) is 63.6 Å². The van der Waals surface area contributed by atoms with Crippen molar-refractivity contribution in [3.05, 3.63) is 63.3 Å². The maximum absolute atomic E-state index is 13.4. The number of aryl methyl sites for hydroxylation is 3. The third-order valence-electron chi connectivity index (χ3n) is 5.79. The third-order valence-corrected chi connectivity index (χ3v) is 5.79. The first kappa shape index (κ1) is 21.2. The fraction of sp³-hybridized carbons (Fsp3) is 0.385. The fourth-order valence-corrected chi connectivity index (χ4v) is 4.23. The summed E-state index contributed by atoms with van der Waals surface area (Å²) in [4.78, 5) is 25.8. The Morgan fingerprint density at radius 3 is 2.42 bits per heavy atom. The van der Waals surface area contributed by atoms with Crippen LogP contribution in [0.5, 0.6) is 5.75 Å². The molecule has 0 saturated heterocycles. The van der Waals surface area contributed by atoms with Crippen molar-refractivity contribution in [3.63, 3.8) is 0 Å². The molecule has 1 aliphatic rings. The first-order valence-electron chi connectivity index (χ1n) is 10.9. The van der Waals surface area contributed by atoms with Crippen LogP contribution in [0.25, 0.3) is 22.3 Å². The van der Waals surface area contributed by atoms with Crippen molar-refractivity contribution in [2.24, 2.45) is 0 Å². The Morgan fingerprint density at radius 1 is 1.00 bits per heavy atom. The SMILES string of the molecule is Cc1ccc(-c2oc3cc(C)cc(C)c3c(=O)c2OCC(=O)OC2CCCCC2)cc1. The maximum atomic E-state index is 13.4. The molecule has 162 valence electrons. The van der Waals surface area contributed by atoms with E-state index in [2.05, 4.69) is 0 Å². The molecule has 5 nitrogen and oxygen atoms in total. The molecule has 3 aromatic rings. The summed E-state index contributed by atoms with van der Waals surface area (Å²) in [5, 5.41) is 0.470. The molecule has 0 atom stereocenters. The van der Waals surface area contributed by atoms with Crippen molar-refractivity contribution in [3.8, 4) is 17.1 Å². The lowest BCUT2D eigenvalue weighted by Crippen LogP contribution is -2.25. The largest absolute Gasteiger partial charge is 0.474 e. The van der Waals surface area contributed by atoms with Gasteiger partial charge in [-0.25, -0.2) is 4.79 Å². The van der Waals surface area contributed by atoms with E-state index >= 15 is 0 Å². The summed E-state index contributed by atoms with van der Waals surface area (Å²) in [7, 11) is 0. The highest BCUT2D eigenvalue weighted by Gasteiger charge is 2.22. The molecule has 5 heteroatoms. The van der Waals surface area contributed by atoms with Gasteiger partial charge in [-0.3, -0.25) is 4.79 Å². The van der Waals surface area contributed by atoms with E-state index in [-0.39, 0.29) is 23.9 Å². The predicted octanol–water partition coefficient (Wildman–Crippen LogP) is 5.64. The van der Waals surface area contributed by atoms with Gasteiger partial charge in [0.15, 0.2) is 12.4 Å². The summed E-state index contributed by atoms with van der Waals surface area (Å²) in [6.45, 7) is 5.50. The summed E-state index contributed by atoms with van der Waals surface area (Å²) < 4.78 is 17.5. The first-order valence-corrected chi connectivity index (χ1v) is 10.9. The molecule has 1 saturated carbocycles. The first-order chi connectivity index (χ1) is 14.9. The zero-order valence-electron chi connectivity index (χ0n) is 18.3. The van der Waals surface area contributed by atoms with Crippen LogP contribution in [0.2, 0.25) is 0 Å². The molecule has 1 heterocycles. The number of fused-ring (bicyclic) bond motifs is 1. The zero-order valence-corrected chi connectivity index (χ0v) is 18.3. The molecule has 1 fully saturated rings. The van der Waals surface area contributed by atoms with Crippen molar-refractivity contribution in [2.75, 3.05) is 6.61 Å². The molecule has 0 radical (unpaired) electrons. The lowest BCUT2D eigenvalue weighted by molar-refractivity contribution is -0.152. The van der Waals surface area contributed by atoms with Crippen molar-refractivity contribution in [1.29, 1.82) is 0 Å². The quantitative estimate of drug-likeness (QED) is 0.500. The Kier molecular flexibility index (Phi) is 6.12. The minimum atomic E-state index is -0.457. The van der Waals surface area contributed by atoms with Gasteiger partial charge in [-0.1, -0.05) is 42.3 Å². The molecular formula is C26H28O5.